The summed E-state index contributed by atoms with van der Waals surface area (Å²) in [6.45, 7) is 4.48. The number of hydrogen-bond donors (Lipinski definition) is 1. The fraction of sp³-hybridized carbons (Fsp3) is 0.286. The minimum absolute atomic E-state index is 0.255. The second-order valence-corrected chi connectivity index (χ2v) is 6.37. The van der Waals surface area contributed by atoms with E-state index < -0.39 is 18.0 Å². The molecule has 1 aliphatic heterocycles. The number of hydrogen-bond acceptors (Lipinski definition) is 7. The van der Waals surface area contributed by atoms with Gasteiger partial charge in [0.1, 0.15) is 17.4 Å². The first-order valence-corrected chi connectivity index (χ1v) is 9.17. The Hall–Kier alpha value is -3.57. The molecule has 1 N–H and O–H groups in total. The first-order valence-electron chi connectivity index (χ1n) is 9.17. The van der Waals surface area contributed by atoms with Gasteiger partial charge in [0.2, 0.25) is 0 Å². The second kappa shape index (κ2) is 9.57. The van der Waals surface area contributed by atoms with Crippen molar-refractivity contribution in [3.05, 3.63) is 54.0 Å². The van der Waals surface area contributed by atoms with Gasteiger partial charge in [-0.15, -0.1) is 0 Å². The third-order valence-electron chi connectivity index (χ3n) is 4.33. The Kier molecular flexibility index (Phi) is 6.66. The zero-order valence-corrected chi connectivity index (χ0v) is 16.0. The summed E-state index contributed by atoms with van der Waals surface area (Å²) in [5.41, 5.74) is 1.38. The van der Waals surface area contributed by atoms with Crippen LogP contribution in [0.1, 0.15) is 12.7 Å². The van der Waals surface area contributed by atoms with E-state index in [2.05, 4.69) is 10.2 Å². The molecule has 0 unspecified atom stereocenters. The van der Waals surface area contributed by atoms with Crippen LogP contribution in [0.15, 0.2) is 52.7 Å². The highest BCUT2D eigenvalue weighted by Gasteiger charge is 2.21. The van der Waals surface area contributed by atoms with Crippen LogP contribution in [0, 0.1) is 11.3 Å². The standard InChI is InChI=1S/C21H21N3O5/c1-15(29-21(26)16(14-22)13-19-3-2-10-28-19)20(25)23-17-4-6-18(7-5-17)24-8-11-27-12-9-24/h2-7,10,13,15H,8-9,11-12H2,1H3,(H,23,25)/b16-13+/t15-/m0/s1. The van der Waals surface area contributed by atoms with Gasteiger partial charge in [-0.05, 0) is 43.3 Å². The van der Waals surface area contributed by atoms with Crippen molar-refractivity contribution >= 4 is 29.3 Å². The Morgan fingerprint density at radius 3 is 2.59 bits per heavy atom. The highest BCUT2D eigenvalue weighted by atomic mass is 16.5. The smallest absolute Gasteiger partial charge is 0.349 e. The molecular formula is C21H21N3O5. The number of rotatable bonds is 6. The van der Waals surface area contributed by atoms with Crippen molar-refractivity contribution in [2.45, 2.75) is 13.0 Å². The van der Waals surface area contributed by atoms with Crippen LogP contribution in [0.2, 0.25) is 0 Å². The predicted octanol–water partition coefficient (Wildman–Crippen LogP) is 2.59. The fourth-order valence-electron chi connectivity index (χ4n) is 2.75. The van der Waals surface area contributed by atoms with Crippen molar-refractivity contribution in [2.75, 3.05) is 36.5 Å². The average molecular weight is 395 g/mol. The molecule has 1 atom stereocenters. The summed E-state index contributed by atoms with van der Waals surface area (Å²) in [5, 5.41) is 11.8. The molecule has 1 fully saturated rings. The molecule has 3 rings (SSSR count). The van der Waals surface area contributed by atoms with Crippen LogP contribution in [-0.2, 0) is 19.1 Å². The number of nitriles is 1. The Labute approximate surface area is 168 Å². The van der Waals surface area contributed by atoms with Crippen LogP contribution in [0.5, 0.6) is 0 Å². The average Bonchev–Trinajstić information content (AvgIpc) is 3.26. The van der Waals surface area contributed by atoms with Gasteiger partial charge in [0.25, 0.3) is 5.91 Å². The summed E-state index contributed by atoms with van der Waals surface area (Å²) in [6, 6.07) is 12.4. The van der Waals surface area contributed by atoms with Gasteiger partial charge < -0.3 is 24.1 Å². The van der Waals surface area contributed by atoms with E-state index in [0.717, 1.165) is 18.8 Å². The molecular weight excluding hydrogens is 374 g/mol. The number of carbonyl (C=O) groups is 2. The molecule has 150 valence electrons. The lowest BCUT2D eigenvalue weighted by Crippen LogP contribution is -2.36. The van der Waals surface area contributed by atoms with E-state index in [1.54, 1.807) is 30.3 Å². The van der Waals surface area contributed by atoms with Crippen LogP contribution in [0.25, 0.3) is 6.08 Å². The number of carbonyl (C=O) groups excluding carboxylic acids is 2. The predicted molar refractivity (Wildman–Crippen MR) is 106 cm³/mol. The van der Waals surface area contributed by atoms with Crippen LogP contribution in [0.3, 0.4) is 0 Å². The molecule has 1 aliphatic rings. The summed E-state index contributed by atoms with van der Waals surface area (Å²) in [5.74, 6) is -1.04. The lowest BCUT2D eigenvalue weighted by Gasteiger charge is -2.28. The van der Waals surface area contributed by atoms with Crippen molar-refractivity contribution in [3.63, 3.8) is 0 Å². The number of amides is 1. The fourth-order valence-corrected chi connectivity index (χ4v) is 2.75. The van der Waals surface area contributed by atoms with E-state index >= 15 is 0 Å². The van der Waals surface area contributed by atoms with E-state index in [9.17, 15) is 9.59 Å². The Balaban J connectivity index is 1.56. The summed E-state index contributed by atoms with van der Waals surface area (Å²) < 4.78 is 15.5. The van der Waals surface area contributed by atoms with Gasteiger partial charge in [0, 0.05) is 30.5 Å². The molecule has 0 radical (unpaired) electrons. The molecule has 1 saturated heterocycles. The number of ether oxygens (including phenoxy) is 2. The van der Waals surface area contributed by atoms with Gasteiger partial charge in [0.15, 0.2) is 6.10 Å². The van der Waals surface area contributed by atoms with Gasteiger partial charge in [-0.3, -0.25) is 4.79 Å². The number of esters is 1. The van der Waals surface area contributed by atoms with Crippen LogP contribution in [0.4, 0.5) is 11.4 Å². The molecule has 0 aliphatic carbocycles. The molecule has 2 aromatic rings. The quantitative estimate of drug-likeness (QED) is 0.455. The summed E-state index contributed by atoms with van der Waals surface area (Å²) >= 11 is 0. The number of nitrogens with zero attached hydrogens (tertiary/aromatic N) is 2. The lowest BCUT2D eigenvalue weighted by molar-refractivity contribution is -0.148. The Morgan fingerprint density at radius 2 is 1.97 bits per heavy atom. The molecule has 0 saturated carbocycles. The number of anilines is 2. The molecule has 8 nitrogen and oxygen atoms in total. The van der Waals surface area contributed by atoms with Crippen LogP contribution >= 0.6 is 0 Å². The van der Waals surface area contributed by atoms with Crippen LogP contribution < -0.4 is 10.2 Å². The number of benzene rings is 1. The maximum atomic E-state index is 12.3. The summed E-state index contributed by atoms with van der Waals surface area (Å²) in [4.78, 5) is 26.7. The monoisotopic (exact) mass is 395 g/mol. The topological polar surface area (TPSA) is 105 Å². The van der Waals surface area contributed by atoms with E-state index in [4.69, 9.17) is 19.2 Å². The lowest BCUT2D eigenvalue weighted by atomic mass is 10.2. The molecule has 1 aromatic heterocycles. The van der Waals surface area contributed by atoms with Crippen LogP contribution in [-0.4, -0.2) is 44.3 Å². The maximum absolute atomic E-state index is 12.3. The number of nitrogens with one attached hydrogen (secondary N) is 1. The van der Waals surface area contributed by atoms with Gasteiger partial charge in [-0.2, -0.15) is 5.26 Å². The van der Waals surface area contributed by atoms with Crippen molar-refractivity contribution in [1.82, 2.24) is 0 Å². The minimum Gasteiger partial charge on any atom is -0.465 e. The maximum Gasteiger partial charge on any atom is 0.349 e. The first-order chi connectivity index (χ1) is 14.1. The normalized spacial score (nSPS) is 15.3. The zero-order chi connectivity index (χ0) is 20.6. The number of morpholine rings is 1. The summed E-state index contributed by atoms with van der Waals surface area (Å²) in [7, 11) is 0. The summed E-state index contributed by atoms with van der Waals surface area (Å²) in [6.07, 6.45) is 1.61. The molecule has 0 bridgehead atoms. The second-order valence-electron chi connectivity index (χ2n) is 6.37. The third-order valence-corrected chi connectivity index (χ3v) is 4.33. The van der Waals surface area contributed by atoms with Gasteiger partial charge in [0.05, 0.1) is 19.5 Å². The van der Waals surface area contributed by atoms with Crippen molar-refractivity contribution in [2.24, 2.45) is 0 Å². The SMILES string of the molecule is C[C@H](OC(=O)/C(C#N)=C/c1ccco1)C(=O)Nc1ccc(N2CCOCC2)cc1. The van der Waals surface area contributed by atoms with E-state index in [1.807, 2.05) is 12.1 Å². The molecule has 1 amide bonds. The first kappa shape index (κ1) is 20.2. The molecule has 0 spiro atoms. The Bertz CT molecular complexity index is 907. The van der Waals surface area contributed by atoms with Gasteiger partial charge in [-0.25, -0.2) is 4.79 Å². The van der Waals surface area contributed by atoms with Crippen molar-refractivity contribution < 1.29 is 23.5 Å². The van der Waals surface area contributed by atoms with E-state index in [1.165, 1.54) is 19.3 Å². The largest absolute Gasteiger partial charge is 0.465 e. The van der Waals surface area contributed by atoms with Gasteiger partial charge in [-0.1, -0.05) is 0 Å². The van der Waals surface area contributed by atoms with Gasteiger partial charge >= 0.3 is 5.97 Å². The molecule has 2 heterocycles. The minimum atomic E-state index is -1.07. The third kappa shape index (κ3) is 5.46. The zero-order valence-electron chi connectivity index (χ0n) is 16.0. The van der Waals surface area contributed by atoms with E-state index in [-0.39, 0.29) is 5.57 Å². The highest BCUT2D eigenvalue weighted by Crippen LogP contribution is 2.19. The molecule has 29 heavy (non-hydrogen) atoms. The van der Waals surface area contributed by atoms with Crippen molar-refractivity contribution in [1.29, 1.82) is 5.26 Å². The number of furan rings is 1. The highest BCUT2D eigenvalue weighted by molar-refractivity contribution is 6.00. The Morgan fingerprint density at radius 1 is 1.24 bits per heavy atom. The van der Waals surface area contributed by atoms with E-state index in [0.29, 0.717) is 24.7 Å². The molecule has 8 heteroatoms. The van der Waals surface area contributed by atoms with Crippen molar-refractivity contribution in [3.8, 4) is 6.07 Å². The molecule has 1 aromatic carbocycles.